The Morgan fingerprint density at radius 2 is 2.42 bits per heavy atom. The second-order valence-electron chi connectivity index (χ2n) is 4.27. The largest absolute Gasteiger partial charge is 0.465 e. The zero-order valence-electron chi connectivity index (χ0n) is 10.7. The number of carbonyl (C=O) groups is 2. The van der Waals surface area contributed by atoms with Crippen molar-refractivity contribution < 1.29 is 19.1 Å². The molecule has 19 heavy (non-hydrogen) atoms. The molecule has 6 heteroatoms. The first-order chi connectivity index (χ1) is 9.20. The summed E-state index contributed by atoms with van der Waals surface area (Å²) in [6.07, 6.45) is 3.47. The van der Waals surface area contributed by atoms with Crippen LogP contribution in [-0.4, -0.2) is 43.2 Å². The molecule has 1 aromatic rings. The Bertz CT molecular complexity index is 469. The Hall–Kier alpha value is -1.95. The third-order valence-corrected chi connectivity index (χ3v) is 2.93. The normalized spacial score (nSPS) is 18.1. The standard InChI is InChI=1S/C13H16N2O4/c1-18-13(17)9-4-5-14-11(7-9)12(16)15-8-10-3-2-6-19-10/h4-5,7,10H,2-3,6,8H2,1H3,(H,15,16)/t10-/m1/s1. The van der Waals surface area contributed by atoms with Crippen LogP contribution in [0, 0.1) is 0 Å². The molecule has 0 unspecified atom stereocenters. The van der Waals surface area contributed by atoms with E-state index in [-0.39, 0.29) is 17.7 Å². The SMILES string of the molecule is COC(=O)c1ccnc(C(=O)NC[C@H]2CCCO2)c1. The van der Waals surface area contributed by atoms with E-state index < -0.39 is 5.97 Å². The molecule has 1 aliphatic rings. The van der Waals surface area contributed by atoms with E-state index in [0.717, 1.165) is 19.4 Å². The van der Waals surface area contributed by atoms with Gasteiger partial charge in [-0.25, -0.2) is 4.79 Å². The van der Waals surface area contributed by atoms with Crippen LogP contribution in [0.3, 0.4) is 0 Å². The molecular formula is C13H16N2O4. The smallest absolute Gasteiger partial charge is 0.337 e. The van der Waals surface area contributed by atoms with Gasteiger partial charge in [0.25, 0.3) is 5.91 Å². The lowest BCUT2D eigenvalue weighted by Gasteiger charge is -2.10. The topological polar surface area (TPSA) is 77.5 Å². The minimum Gasteiger partial charge on any atom is -0.465 e. The molecule has 1 saturated heterocycles. The van der Waals surface area contributed by atoms with Crippen LogP contribution >= 0.6 is 0 Å². The number of hydrogen-bond donors (Lipinski definition) is 1. The summed E-state index contributed by atoms with van der Waals surface area (Å²) in [7, 11) is 1.29. The monoisotopic (exact) mass is 264 g/mol. The lowest BCUT2D eigenvalue weighted by Crippen LogP contribution is -2.32. The summed E-state index contributed by atoms with van der Waals surface area (Å²) in [5.74, 6) is -0.808. The van der Waals surface area contributed by atoms with Gasteiger partial charge in [0.05, 0.1) is 18.8 Å². The molecule has 0 aromatic carbocycles. The number of nitrogens with one attached hydrogen (secondary N) is 1. The van der Waals surface area contributed by atoms with Crippen molar-refractivity contribution in [2.24, 2.45) is 0 Å². The van der Waals surface area contributed by atoms with Crippen molar-refractivity contribution in [3.8, 4) is 0 Å². The molecule has 1 atom stereocenters. The second-order valence-corrected chi connectivity index (χ2v) is 4.27. The van der Waals surface area contributed by atoms with E-state index in [1.807, 2.05) is 0 Å². The fourth-order valence-corrected chi connectivity index (χ4v) is 1.90. The summed E-state index contributed by atoms with van der Waals surface area (Å²) < 4.78 is 10.0. The maximum atomic E-state index is 11.9. The molecule has 1 N–H and O–H groups in total. The lowest BCUT2D eigenvalue weighted by molar-refractivity contribution is 0.0600. The van der Waals surface area contributed by atoms with Crippen LogP contribution in [0.2, 0.25) is 0 Å². The Labute approximate surface area is 111 Å². The maximum Gasteiger partial charge on any atom is 0.337 e. The first kappa shape index (κ1) is 13.5. The molecule has 0 aliphatic carbocycles. The average Bonchev–Trinajstić information content (AvgIpc) is 2.97. The number of rotatable bonds is 4. The summed E-state index contributed by atoms with van der Waals surface area (Å²) >= 11 is 0. The molecule has 2 heterocycles. The molecule has 0 spiro atoms. The predicted molar refractivity (Wildman–Crippen MR) is 66.9 cm³/mol. The van der Waals surface area contributed by atoms with Crippen LogP contribution in [0.25, 0.3) is 0 Å². The number of aromatic nitrogens is 1. The molecule has 1 aromatic heterocycles. The lowest BCUT2D eigenvalue weighted by atomic mass is 10.2. The van der Waals surface area contributed by atoms with E-state index in [0.29, 0.717) is 12.1 Å². The Kier molecular flexibility index (Phi) is 4.46. The van der Waals surface area contributed by atoms with Gasteiger partial charge in [-0.3, -0.25) is 9.78 Å². The van der Waals surface area contributed by atoms with Crippen LogP contribution in [0.5, 0.6) is 0 Å². The summed E-state index contributed by atoms with van der Waals surface area (Å²) in [4.78, 5) is 27.2. The molecule has 1 fully saturated rings. The van der Waals surface area contributed by atoms with Gasteiger partial charge in [0.15, 0.2) is 0 Å². The minimum absolute atomic E-state index is 0.0766. The van der Waals surface area contributed by atoms with Gasteiger partial charge in [-0.2, -0.15) is 0 Å². The van der Waals surface area contributed by atoms with Crippen LogP contribution in [0.4, 0.5) is 0 Å². The summed E-state index contributed by atoms with van der Waals surface area (Å²) in [5, 5.41) is 2.75. The van der Waals surface area contributed by atoms with Crippen molar-refractivity contribution >= 4 is 11.9 Å². The number of esters is 1. The number of ether oxygens (including phenoxy) is 2. The number of amides is 1. The summed E-state index contributed by atoms with van der Waals surface area (Å²) in [5.41, 5.74) is 0.501. The van der Waals surface area contributed by atoms with E-state index in [1.54, 1.807) is 0 Å². The van der Waals surface area contributed by atoms with E-state index in [4.69, 9.17) is 4.74 Å². The van der Waals surface area contributed by atoms with Crippen LogP contribution < -0.4 is 5.32 Å². The van der Waals surface area contributed by atoms with Gasteiger partial charge >= 0.3 is 5.97 Å². The van der Waals surface area contributed by atoms with Gasteiger partial charge in [0.1, 0.15) is 5.69 Å². The highest BCUT2D eigenvalue weighted by Crippen LogP contribution is 2.11. The number of carbonyl (C=O) groups excluding carboxylic acids is 2. The first-order valence-electron chi connectivity index (χ1n) is 6.15. The van der Waals surface area contributed by atoms with E-state index in [2.05, 4.69) is 15.0 Å². The van der Waals surface area contributed by atoms with Crippen molar-refractivity contribution in [2.45, 2.75) is 18.9 Å². The van der Waals surface area contributed by atoms with Crippen molar-refractivity contribution in [1.82, 2.24) is 10.3 Å². The van der Waals surface area contributed by atoms with E-state index >= 15 is 0 Å². The third-order valence-electron chi connectivity index (χ3n) is 2.93. The highest BCUT2D eigenvalue weighted by Gasteiger charge is 2.17. The van der Waals surface area contributed by atoms with Gasteiger partial charge in [-0.05, 0) is 25.0 Å². The first-order valence-corrected chi connectivity index (χ1v) is 6.15. The number of nitrogens with zero attached hydrogens (tertiary/aromatic N) is 1. The van der Waals surface area contributed by atoms with Crippen LogP contribution in [-0.2, 0) is 9.47 Å². The number of pyridine rings is 1. The molecule has 0 saturated carbocycles. The van der Waals surface area contributed by atoms with Gasteiger partial charge in [-0.15, -0.1) is 0 Å². The molecule has 1 amide bonds. The number of methoxy groups -OCH3 is 1. The van der Waals surface area contributed by atoms with Crippen molar-refractivity contribution in [2.75, 3.05) is 20.3 Å². The fourth-order valence-electron chi connectivity index (χ4n) is 1.90. The van der Waals surface area contributed by atoms with Crippen LogP contribution in [0.15, 0.2) is 18.3 Å². The maximum absolute atomic E-state index is 11.9. The van der Waals surface area contributed by atoms with Crippen LogP contribution in [0.1, 0.15) is 33.7 Å². The highest BCUT2D eigenvalue weighted by atomic mass is 16.5. The minimum atomic E-state index is -0.490. The highest BCUT2D eigenvalue weighted by molar-refractivity contribution is 5.96. The molecule has 2 rings (SSSR count). The van der Waals surface area contributed by atoms with Crippen molar-refractivity contribution in [1.29, 1.82) is 0 Å². The quantitative estimate of drug-likeness (QED) is 0.813. The fraction of sp³-hybridized carbons (Fsp3) is 0.462. The Morgan fingerprint density at radius 1 is 1.58 bits per heavy atom. The Morgan fingerprint density at radius 3 is 3.11 bits per heavy atom. The molecule has 0 radical (unpaired) electrons. The third kappa shape index (κ3) is 3.51. The average molecular weight is 264 g/mol. The zero-order valence-corrected chi connectivity index (χ0v) is 10.7. The molecule has 1 aliphatic heterocycles. The van der Waals surface area contributed by atoms with Crippen molar-refractivity contribution in [3.05, 3.63) is 29.6 Å². The predicted octanol–water partition coefficient (Wildman–Crippen LogP) is 0.777. The molecule has 102 valence electrons. The Balaban J connectivity index is 1.96. The van der Waals surface area contributed by atoms with E-state index in [9.17, 15) is 9.59 Å². The molecular weight excluding hydrogens is 248 g/mol. The van der Waals surface area contributed by atoms with Gasteiger partial charge < -0.3 is 14.8 Å². The van der Waals surface area contributed by atoms with Gasteiger partial charge in [0, 0.05) is 19.3 Å². The number of hydrogen-bond acceptors (Lipinski definition) is 5. The van der Waals surface area contributed by atoms with Gasteiger partial charge in [0.2, 0.25) is 0 Å². The second kappa shape index (κ2) is 6.29. The molecule has 0 bridgehead atoms. The van der Waals surface area contributed by atoms with E-state index in [1.165, 1.54) is 25.4 Å². The summed E-state index contributed by atoms with van der Waals surface area (Å²) in [6, 6.07) is 2.92. The van der Waals surface area contributed by atoms with Crippen molar-refractivity contribution in [3.63, 3.8) is 0 Å². The summed E-state index contributed by atoms with van der Waals surface area (Å²) in [6.45, 7) is 1.21. The zero-order chi connectivity index (χ0) is 13.7. The molecule has 6 nitrogen and oxygen atoms in total. The van der Waals surface area contributed by atoms with Gasteiger partial charge in [-0.1, -0.05) is 0 Å².